The number of hydrogen-bond donors (Lipinski definition) is 18. The minimum Gasteiger partial charge on any atom is -0.493 e. The number of esters is 1. The summed E-state index contributed by atoms with van der Waals surface area (Å²) < 4.78 is 32.9. The number of guanidine groups is 1. The minimum absolute atomic E-state index is 0.0102. The van der Waals surface area contributed by atoms with Crippen LogP contribution in [0.5, 0.6) is 28.7 Å². The number of para-hydroxylation sites is 1. The number of Topliss-reactive ketones (excluding diaryl/α,β-unsaturated/α-hetero) is 1. The van der Waals surface area contributed by atoms with Crippen molar-refractivity contribution in [3.63, 3.8) is 0 Å². The lowest BCUT2D eigenvalue weighted by Gasteiger charge is -2.37. The summed E-state index contributed by atoms with van der Waals surface area (Å²) in [5.41, 5.74) is 49.0. The van der Waals surface area contributed by atoms with Crippen LogP contribution in [0.1, 0.15) is 150 Å². The molecule has 2 aliphatic heterocycles. The van der Waals surface area contributed by atoms with E-state index in [-0.39, 0.29) is 151 Å². The van der Waals surface area contributed by atoms with Gasteiger partial charge in [-0.3, -0.25) is 62.5 Å². The average Bonchev–Trinajstić information content (AvgIpc) is 1.54. The number of ketones is 1. The summed E-state index contributed by atoms with van der Waals surface area (Å²) in [5, 5.41) is 33.5. The first-order chi connectivity index (χ1) is 56.1. The molecule has 3 aliphatic rings. The van der Waals surface area contributed by atoms with Crippen LogP contribution >= 0.6 is 23.5 Å². The number of nitrogens with two attached hydrogens (primary N) is 8. The zero-order chi connectivity index (χ0) is 85.7. The molecule has 37 nitrogen and oxygen atoms in total. The summed E-state index contributed by atoms with van der Waals surface area (Å²) in [6.07, 6.45) is 6.08. The van der Waals surface area contributed by atoms with Crippen LogP contribution in [0.25, 0.3) is 10.9 Å². The second-order valence-electron chi connectivity index (χ2n) is 28.6. The van der Waals surface area contributed by atoms with Crippen molar-refractivity contribution in [2.75, 3.05) is 91.0 Å². The fourth-order valence-electron chi connectivity index (χ4n) is 13.8. The molecule has 117 heavy (non-hydrogen) atoms. The molecule has 1 aromatic heterocycles. The van der Waals surface area contributed by atoms with E-state index in [1.165, 1.54) is 37.6 Å². The number of rotatable bonds is 52. The van der Waals surface area contributed by atoms with Gasteiger partial charge in [0.1, 0.15) is 48.1 Å². The van der Waals surface area contributed by atoms with E-state index in [0.717, 1.165) is 22.0 Å². The molecule has 7 rings (SSSR count). The third-order valence-electron chi connectivity index (χ3n) is 19.9. The summed E-state index contributed by atoms with van der Waals surface area (Å²) >= 11 is 2.56. The van der Waals surface area contributed by atoms with Gasteiger partial charge in [0.15, 0.2) is 29.0 Å². The molecule has 12 atom stereocenters. The van der Waals surface area contributed by atoms with Crippen molar-refractivity contribution in [3.05, 3.63) is 77.0 Å². The Morgan fingerprint density at radius 2 is 1.11 bits per heavy atom. The van der Waals surface area contributed by atoms with Gasteiger partial charge in [0.25, 0.3) is 0 Å². The summed E-state index contributed by atoms with van der Waals surface area (Å²) in [6, 6.07) is 4.88. The van der Waals surface area contributed by atoms with Crippen molar-refractivity contribution in [1.29, 1.82) is 0 Å². The van der Waals surface area contributed by atoms with E-state index < -0.39 is 119 Å². The van der Waals surface area contributed by atoms with Gasteiger partial charge in [-0.05, 0) is 181 Å². The Morgan fingerprint density at radius 1 is 0.607 bits per heavy atom. The number of thioether (sulfide) groups is 2. The maximum absolute atomic E-state index is 14.7. The zero-order valence-electron chi connectivity index (χ0n) is 67.1. The number of amides is 10. The molecular weight excluding hydrogens is 1560 g/mol. The summed E-state index contributed by atoms with van der Waals surface area (Å²) in [4.78, 5) is 168. The average molecular weight is 1680 g/mol. The standard InChI is InChI=1S/C56H96N18O11S2.C22H22O8/c1-34(75)32-87-33-37(60)49(79)65-28-22-47(77)68-40(20-13-27-66-56(63)64)50(80)70-41(17-5-6-21-46(61)76)52(82)73-44(23-29-86-2)54(84)71-43(19-9-12-26-59)53(83)74-45(30-35-31-67-38-15-4-3-14-36(35)38)55(85)72-42(18-8-11-25-58)51(81)69-39(48(62)78)16-7-10-24-57;1-25-16-4-10(5-17(26-2)21(16)27-3)18-11-6-14-15(30-9-29-14)7-12(11)20(23)13-8-28-22(24)19(13)18/h3-4,14-15,31,37,39-45,67H,5-13,16-30,32-33,57-60H2,1-2H3,(H2,61,76)(H2,62,78)(H,65,79)(H,68,77)(H,69,81)(H,70,80)(H,71,84)(H,72,85)(H,73,82)(H,74,83)(H4,63,64,66);4-7,13,18-20,23H,8-9H2,1-3H3/t37-,39-,40-,41-,42-,43-,44-,45-;13-,18+,19-,20-/m00/s1. The number of aromatic nitrogens is 1. The molecule has 39 heteroatoms. The molecule has 1 saturated heterocycles. The van der Waals surface area contributed by atoms with Crippen molar-refractivity contribution < 1.29 is 91.1 Å². The number of nitrogens with one attached hydrogen (secondary N) is 9. The first kappa shape index (κ1) is 95.7. The molecule has 0 unspecified atom stereocenters. The number of primary amides is 2. The SMILES string of the molecule is COc1cc([C@@H]2c3cc4c(cc3[C@H](O)[C@H]3COC(=O)[C@H]23)OCO4)cc(OC)c1OC.CSCC[C@H](NC(=O)[C@H](CCCCC(N)=O)NC(=O)[C@H](CCCN=C(N)N)NC(=O)CCNC(=O)[C@@H](N)CSCC(C)=O)C(=O)N[C@@H](CCCCN)C(=O)N[C@@H](Cc1c[nH]c2ccccc12)C(=O)N[C@@H](CCCCN)C(=O)N[C@@H](CCCCN)C(N)=O. The van der Waals surface area contributed by atoms with Gasteiger partial charge in [0, 0.05) is 67.0 Å². The zero-order valence-corrected chi connectivity index (χ0v) is 68.7. The first-order valence-corrected chi connectivity index (χ1v) is 41.7. The van der Waals surface area contributed by atoms with E-state index in [4.69, 9.17) is 74.3 Å². The van der Waals surface area contributed by atoms with Gasteiger partial charge in [-0.25, -0.2) is 0 Å². The summed E-state index contributed by atoms with van der Waals surface area (Å²) in [6.45, 7) is 2.56. The van der Waals surface area contributed by atoms with Crippen molar-refractivity contribution in [2.24, 2.45) is 62.7 Å². The molecule has 0 saturated carbocycles. The van der Waals surface area contributed by atoms with E-state index in [1.807, 2.05) is 42.5 Å². The number of cyclic esters (lactones) is 1. The van der Waals surface area contributed by atoms with Crippen LogP contribution in [0, 0.1) is 11.8 Å². The Labute approximate surface area is 688 Å². The van der Waals surface area contributed by atoms with Gasteiger partial charge in [-0.2, -0.15) is 23.5 Å². The third-order valence-corrected chi connectivity index (χ3v) is 21.8. The van der Waals surface area contributed by atoms with Crippen molar-refractivity contribution in [2.45, 2.75) is 183 Å². The highest BCUT2D eigenvalue weighted by Gasteiger charge is 2.52. The van der Waals surface area contributed by atoms with Crippen molar-refractivity contribution in [1.82, 2.24) is 47.5 Å². The molecule has 1 aliphatic carbocycles. The molecule has 26 N–H and O–H groups in total. The van der Waals surface area contributed by atoms with Crippen LogP contribution in [0.2, 0.25) is 0 Å². The number of aromatic amines is 1. The number of methoxy groups -OCH3 is 3. The van der Waals surface area contributed by atoms with Crippen LogP contribution in [0.15, 0.2) is 59.7 Å². The Hall–Kier alpha value is -10.2. The molecular formula is C78H118N18O19S2. The summed E-state index contributed by atoms with van der Waals surface area (Å²) in [5.74, 6) is -5.72. The molecule has 3 aromatic carbocycles. The monoisotopic (exact) mass is 1670 g/mol. The number of unbranched alkanes of at least 4 members (excludes halogenated alkanes) is 4. The Kier molecular flexibility index (Phi) is 40.7. The van der Waals surface area contributed by atoms with Gasteiger partial charge in [-0.15, -0.1) is 0 Å². The van der Waals surface area contributed by atoms with Crippen molar-refractivity contribution >= 4 is 111 Å². The van der Waals surface area contributed by atoms with Gasteiger partial charge in [-0.1, -0.05) is 24.6 Å². The maximum Gasteiger partial charge on any atom is 0.310 e. The number of carbonyl (C=O) groups excluding carboxylic acids is 12. The van der Waals surface area contributed by atoms with E-state index in [2.05, 4.69) is 52.5 Å². The number of benzene rings is 3. The number of nitrogens with zero attached hydrogens (tertiary/aromatic N) is 1. The number of ether oxygens (including phenoxy) is 6. The van der Waals surface area contributed by atoms with E-state index in [0.29, 0.717) is 97.2 Å². The normalized spacial score (nSPS) is 17.0. The maximum atomic E-state index is 14.7. The molecule has 1 fully saturated rings. The van der Waals surface area contributed by atoms with Gasteiger partial charge < -0.3 is 127 Å². The highest BCUT2D eigenvalue weighted by atomic mass is 32.2. The largest absolute Gasteiger partial charge is 0.493 e. The molecule has 0 bridgehead atoms. The van der Waals surface area contributed by atoms with Crippen LogP contribution < -0.4 is 112 Å². The van der Waals surface area contributed by atoms with Crippen LogP contribution in [-0.4, -0.2) is 226 Å². The Morgan fingerprint density at radius 3 is 1.63 bits per heavy atom. The second kappa shape index (κ2) is 49.8. The first-order valence-electron chi connectivity index (χ1n) is 39.2. The lowest BCUT2D eigenvalue weighted by Crippen LogP contribution is -2.60. The third kappa shape index (κ3) is 29.7. The molecule has 0 radical (unpaired) electrons. The van der Waals surface area contributed by atoms with E-state index >= 15 is 0 Å². The second-order valence-corrected chi connectivity index (χ2v) is 30.7. The van der Waals surface area contributed by atoms with E-state index in [9.17, 15) is 62.6 Å². The predicted octanol–water partition coefficient (Wildman–Crippen LogP) is -0.606. The number of H-pyrrole nitrogens is 1. The minimum atomic E-state index is -1.35. The number of carbonyl (C=O) groups is 12. The molecule has 0 spiro atoms. The topological polar surface area (TPSA) is 613 Å². The quantitative estimate of drug-likeness (QED) is 0.0114. The number of aliphatic hydroxyl groups excluding tert-OH is 1. The van der Waals surface area contributed by atoms with Crippen molar-refractivity contribution in [3.8, 4) is 28.7 Å². The highest BCUT2D eigenvalue weighted by Crippen LogP contribution is 2.55. The van der Waals surface area contributed by atoms with Gasteiger partial charge in [0.2, 0.25) is 71.6 Å². The lowest BCUT2D eigenvalue weighted by atomic mass is 9.66. The number of aliphatic imine (C=N–C) groups is 1. The fourth-order valence-corrected chi connectivity index (χ4v) is 15.1. The van der Waals surface area contributed by atoms with Gasteiger partial charge >= 0.3 is 5.97 Å². The molecule has 3 heterocycles. The summed E-state index contributed by atoms with van der Waals surface area (Å²) in [7, 11) is 4.63. The fraction of sp³-hybridized carbons (Fsp3) is 0.577. The van der Waals surface area contributed by atoms with Crippen LogP contribution in [-0.2, 0) is 68.7 Å². The van der Waals surface area contributed by atoms with Crippen LogP contribution in [0.3, 0.4) is 0 Å². The molecule has 10 amide bonds. The smallest absolute Gasteiger partial charge is 0.310 e. The lowest BCUT2D eigenvalue weighted by molar-refractivity contribution is -0.142. The molecule has 4 aromatic rings. The number of hydrogen-bond acceptors (Lipinski definition) is 26. The number of fused-ring (bicyclic) bond motifs is 4. The Balaban J connectivity index is 0.000000579. The predicted molar refractivity (Wildman–Crippen MR) is 441 cm³/mol. The molecule has 646 valence electrons. The van der Waals surface area contributed by atoms with Crippen LogP contribution in [0.4, 0.5) is 0 Å². The Bertz CT molecular complexity index is 4010. The van der Waals surface area contributed by atoms with Gasteiger partial charge in [0.05, 0.1) is 51.8 Å². The van der Waals surface area contributed by atoms with E-state index in [1.54, 1.807) is 32.7 Å². The highest BCUT2D eigenvalue weighted by molar-refractivity contribution is 8.00. The number of aliphatic hydroxyl groups is 1.